The van der Waals surface area contributed by atoms with Crippen molar-refractivity contribution in [2.45, 2.75) is 25.4 Å². The monoisotopic (exact) mass is 158 g/mol. The van der Waals surface area contributed by atoms with Crippen molar-refractivity contribution in [2.24, 2.45) is 5.73 Å². The number of nitrogens with zero attached hydrogens (tertiary/aromatic N) is 1. The third-order valence-corrected chi connectivity index (χ3v) is 2.21. The maximum atomic E-state index is 9.59. The zero-order chi connectivity index (χ0) is 8.32. The van der Waals surface area contributed by atoms with Crippen LogP contribution in [0.4, 0.5) is 0 Å². The molecule has 3 N–H and O–H groups in total. The molecule has 1 aliphatic heterocycles. The fourth-order valence-corrected chi connectivity index (χ4v) is 1.54. The molecule has 0 spiro atoms. The van der Waals surface area contributed by atoms with Gasteiger partial charge in [0.05, 0.1) is 5.60 Å². The summed E-state index contributed by atoms with van der Waals surface area (Å²) in [5.74, 6) is 0. The summed E-state index contributed by atoms with van der Waals surface area (Å²) < 4.78 is 0. The molecule has 0 aromatic rings. The molecule has 1 aliphatic rings. The van der Waals surface area contributed by atoms with Gasteiger partial charge in [0.1, 0.15) is 0 Å². The highest BCUT2D eigenvalue weighted by atomic mass is 16.3. The first-order valence-electron chi connectivity index (χ1n) is 4.29. The van der Waals surface area contributed by atoms with Gasteiger partial charge in [0.2, 0.25) is 0 Å². The van der Waals surface area contributed by atoms with Crippen LogP contribution in [0.1, 0.15) is 19.8 Å². The Morgan fingerprint density at radius 2 is 2.36 bits per heavy atom. The number of hydrogen-bond acceptors (Lipinski definition) is 3. The Morgan fingerprint density at radius 1 is 1.64 bits per heavy atom. The van der Waals surface area contributed by atoms with Crippen LogP contribution in [-0.2, 0) is 0 Å². The van der Waals surface area contributed by atoms with Crippen molar-refractivity contribution in [3.63, 3.8) is 0 Å². The van der Waals surface area contributed by atoms with Crippen LogP contribution in [-0.4, -0.2) is 41.8 Å². The molecule has 66 valence electrons. The third kappa shape index (κ3) is 2.77. The van der Waals surface area contributed by atoms with Crippen LogP contribution in [0.2, 0.25) is 0 Å². The minimum absolute atomic E-state index is 0.450. The highest BCUT2D eigenvalue weighted by molar-refractivity contribution is 4.85. The lowest BCUT2D eigenvalue weighted by molar-refractivity contribution is 0.0687. The second-order valence-electron chi connectivity index (χ2n) is 3.67. The van der Waals surface area contributed by atoms with Gasteiger partial charge in [-0.25, -0.2) is 0 Å². The molecular weight excluding hydrogens is 140 g/mol. The molecule has 0 aromatic carbocycles. The standard InChI is InChI=1S/C8H18N2O/c1-8(11)3-6-10(7-8)5-2-4-9/h11H,2-7,9H2,1H3. The molecule has 3 heteroatoms. The van der Waals surface area contributed by atoms with Gasteiger partial charge in [0, 0.05) is 13.1 Å². The Labute approximate surface area is 68.2 Å². The Balaban J connectivity index is 2.20. The second kappa shape index (κ2) is 3.52. The summed E-state index contributed by atoms with van der Waals surface area (Å²) in [6, 6.07) is 0. The molecular formula is C8H18N2O. The van der Waals surface area contributed by atoms with Gasteiger partial charge in [-0.15, -0.1) is 0 Å². The van der Waals surface area contributed by atoms with E-state index in [1.54, 1.807) is 0 Å². The first-order valence-corrected chi connectivity index (χ1v) is 4.29. The van der Waals surface area contributed by atoms with Crippen LogP contribution in [0, 0.1) is 0 Å². The molecule has 0 amide bonds. The average Bonchev–Trinajstić information content (AvgIpc) is 2.26. The molecule has 1 heterocycles. The fraction of sp³-hybridized carbons (Fsp3) is 1.00. The zero-order valence-corrected chi connectivity index (χ0v) is 7.21. The van der Waals surface area contributed by atoms with Crippen LogP contribution in [0.5, 0.6) is 0 Å². The van der Waals surface area contributed by atoms with Crippen molar-refractivity contribution in [3.05, 3.63) is 0 Å². The number of β-amino-alcohol motifs (C(OH)–C–C–N with tert-alkyl or cyclic N) is 1. The van der Waals surface area contributed by atoms with Crippen molar-refractivity contribution in [1.82, 2.24) is 4.90 Å². The predicted octanol–water partition coefficient (Wildman–Crippen LogP) is -0.208. The molecule has 0 saturated carbocycles. The molecule has 11 heavy (non-hydrogen) atoms. The third-order valence-electron chi connectivity index (χ3n) is 2.21. The van der Waals surface area contributed by atoms with E-state index in [1.165, 1.54) is 0 Å². The van der Waals surface area contributed by atoms with E-state index in [0.717, 1.165) is 39.0 Å². The van der Waals surface area contributed by atoms with Crippen LogP contribution in [0.3, 0.4) is 0 Å². The topological polar surface area (TPSA) is 49.5 Å². The Hall–Kier alpha value is -0.120. The fourth-order valence-electron chi connectivity index (χ4n) is 1.54. The summed E-state index contributed by atoms with van der Waals surface area (Å²) >= 11 is 0. The molecule has 1 unspecified atom stereocenters. The SMILES string of the molecule is CC1(O)CCN(CCCN)C1. The Kier molecular flexibility index (Phi) is 2.87. The molecule has 1 atom stereocenters. The quantitative estimate of drug-likeness (QED) is 0.597. The highest BCUT2D eigenvalue weighted by Gasteiger charge is 2.30. The number of rotatable bonds is 3. The zero-order valence-electron chi connectivity index (χ0n) is 7.21. The summed E-state index contributed by atoms with van der Waals surface area (Å²) in [4.78, 5) is 2.27. The van der Waals surface area contributed by atoms with E-state index >= 15 is 0 Å². The first kappa shape index (κ1) is 8.97. The molecule has 1 saturated heterocycles. The highest BCUT2D eigenvalue weighted by Crippen LogP contribution is 2.19. The lowest BCUT2D eigenvalue weighted by atomic mass is 10.1. The summed E-state index contributed by atoms with van der Waals surface area (Å²) in [5, 5.41) is 9.59. The van der Waals surface area contributed by atoms with Crippen molar-refractivity contribution in [3.8, 4) is 0 Å². The molecule has 1 rings (SSSR count). The van der Waals surface area contributed by atoms with E-state index in [4.69, 9.17) is 5.73 Å². The number of aliphatic hydroxyl groups is 1. The van der Waals surface area contributed by atoms with Gasteiger partial charge in [-0.3, -0.25) is 0 Å². The number of likely N-dealkylation sites (tertiary alicyclic amines) is 1. The normalized spacial score (nSPS) is 33.0. The molecule has 0 bridgehead atoms. The average molecular weight is 158 g/mol. The second-order valence-corrected chi connectivity index (χ2v) is 3.67. The van der Waals surface area contributed by atoms with Crippen LogP contribution < -0.4 is 5.73 Å². The molecule has 0 radical (unpaired) electrons. The summed E-state index contributed by atoms with van der Waals surface area (Å²) in [5.41, 5.74) is 4.94. The largest absolute Gasteiger partial charge is 0.389 e. The van der Waals surface area contributed by atoms with Crippen LogP contribution in [0.15, 0.2) is 0 Å². The van der Waals surface area contributed by atoms with Crippen molar-refractivity contribution >= 4 is 0 Å². The van der Waals surface area contributed by atoms with Gasteiger partial charge in [0.25, 0.3) is 0 Å². The Bertz CT molecular complexity index is 125. The molecule has 0 aliphatic carbocycles. The molecule has 1 fully saturated rings. The van der Waals surface area contributed by atoms with Gasteiger partial charge < -0.3 is 15.7 Å². The maximum absolute atomic E-state index is 9.59. The smallest absolute Gasteiger partial charge is 0.0758 e. The van der Waals surface area contributed by atoms with Gasteiger partial charge >= 0.3 is 0 Å². The van der Waals surface area contributed by atoms with E-state index in [1.807, 2.05) is 6.92 Å². The lowest BCUT2D eigenvalue weighted by Crippen LogP contribution is -2.30. The van der Waals surface area contributed by atoms with Crippen LogP contribution >= 0.6 is 0 Å². The Morgan fingerprint density at radius 3 is 2.82 bits per heavy atom. The summed E-state index contributed by atoms with van der Waals surface area (Å²) in [6.45, 7) is 5.51. The van der Waals surface area contributed by atoms with Crippen molar-refractivity contribution < 1.29 is 5.11 Å². The molecule has 0 aromatic heterocycles. The van der Waals surface area contributed by atoms with Gasteiger partial charge in [-0.2, -0.15) is 0 Å². The predicted molar refractivity (Wildman–Crippen MR) is 45.4 cm³/mol. The van der Waals surface area contributed by atoms with Gasteiger partial charge in [0.15, 0.2) is 0 Å². The molecule has 3 nitrogen and oxygen atoms in total. The van der Waals surface area contributed by atoms with Gasteiger partial charge in [-0.1, -0.05) is 0 Å². The minimum Gasteiger partial charge on any atom is -0.389 e. The summed E-state index contributed by atoms with van der Waals surface area (Å²) in [7, 11) is 0. The van der Waals surface area contributed by atoms with Crippen molar-refractivity contribution in [2.75, 3.05) is 26.2 Å². The van der Waals surface area contributed by atoms with E-state index in [0.29, 0.717) is 0 Å². The van der Waals surface area contributed by atoms with E-state index in [-0.39, 0.29) is 0 Å². The van der Waals surface area contributed by atoms with Crippen LogP contribution in [0.25, 0.3) is 0 Å². The lowest BCUT2D eigenvalue weighted by Gasteiger charge is -2.18. The number of nitrogens with two attached hydrogens (primary N) is 1. The van der Waals surface area contributed by atoms with Gasteiger partial charge in [-0.05, 0) is 32.9 Å². The first-order chi connectivity index (χ1) is 5.14. The number of hydrogen-bond donors (Lipinski definition) is 2. The maximum Gasteiger partial charge on any atom is 0.0758 e. The van der Waals surface area contributed by atoms with E-state index in [2.05, 4.69) is 4.90 Å². The minimum atomic E-state index is -0.450. The van der Waals surface area contributed by atoms with E-state index in [9.17, 15) is 5.11 Å². The summed E-state index contributed by atoms with van der Waals surface area (Å²) in [6.07, 6.45) is 1.94. The van der Waals surface area contributed by atoms with E-state index < -0.39 is 5.60 Å². The van der Waals surface area contributed by atoms with Crippen molar-refractivity contribution in [1.29, 1.82) is 0 Å².